The van der Waals surface area contributed by atoms with Crippen molar-refractivity contribution in [2.24, 2.45) is 0 Å². The fourth-order valence-corrected chi connectivity index (χ4v) is 3.88. The van der Waals surface area contributed by atoms with Crippen molar-refractivity contribution in [3.05, 3.63) is 88.1 Å². The largest absolute Gasteiger partial charge is 0.360 e. The molecule has 1 amide bonds. The van der Waals surface area contributed by atoms with Gasteiger partial charge in [-0.15, -0.1) is 11.3 Å². The van der Waals surface area contributed by atoms with Gasteiger partial charge in [0.2, 0.25) is 0 Å². The van der Waals surface area contributed by atoms with Crippen LogP contribution in [0.4, 0.5) is 5.69 Å². The quantitative estimate of drug-likeness (QED) is 0.759. The van der Waals surface area contributed by atoms with Crippen molar-refractivity contribution in [1.82, 2.24) is 4.90 Å². The number of nitrogens with zero attached hydrogens (tertiary/aromatic N) is 1. The van der Waals surface area contributed by atoms with Crippen LogP contribution in [0.5, 0.6) is 0 Å². The summed E-state index contributed by atoms with van der Waals surface area (Å²) in [5.74, 6) is 0.0960. The summed E-state index contributed by atoms with van der Waals surface area (Å²) in [6, 6.07) is 22.2. The fourth-order valence-electron chi connectivity index (χ4n) is 3.09. The Bertz CT molecular complexity index is 830. The van der Waals surface area contributed by atoms with E-state index in [4.69, 9.17) is 0 Å². The normalized spacial score (nSPS) is 16.6. The van der Waals surface area contributed by atoms with E-state index in [-0.39, 0.29) is 12.1 Å². The van der Waals surface area contributed by atoms with Crippen LogP contribution in [-0.4, -0.2) is 17.4 Å². The molecule has 1 aromatic heterocycles. The highest BCUT2D eigenvalue weighted by Crippen LogP contribution is 2.34. The van der Waals surface area contributed by atoms with Crippen molar-refractivity contribution in [1.29, 1.82) is 0 Å². The van der Waals surface area contributed by atoms with Gasteiger partial charge in [0, 0.05) is 17.1 Å². The molecular formula is C20H18N2OS. The monoisotopic (exact) mass is 334 g/mol. The number of fused-ring (bicyclic) bond motifs is 1. The van der Waals surface area contributed by atoms with E-state index in [1.807, 2.05) is 53.4 Å². The van der Waals surface area contributed by atoms with Crippen LogP contribution >= 0.6 is 11.3 Å². The van der Waals surface area contributed by atoms with Crippen LogP contribution in [-0.2, 0) is 6.42 Å². The Balaban J connectivity index is 1.64. The lowest BCUT2D eigenvalue weighted by Crippen LogP contribution is -2.43. The van der Waals surface area contributed by atoms with Crippen LogP contribution in [0.25, 0.3) is 0 Å². The van der Waals surface area contributed by atoms with E-state index in [0.717, 1.165) is 22.5 Å². The second-order valence-corrected chi connectivity index (χ2v) is 6.82. The molecule has 120 valence electrons. The van der Waals surface area contributed by atoms with Gasteiger partial charge in [-0.1, -0.05) is 48.5 Å². The molecule has 3 aromatic rings. The Kier molecular flexibility index (Phi) is 4.05. The number of carbonyl (C=O) groups is 1. The van der Waals surface area contributed by atoms with Gasteiger partial charge in [0.05, 0.1) is 5.56 Å². The van der Waals surface area contributed by atoms with E-state index in [1.54, 1.807) is 11.3 Å². The highest BCUT2D eigenvalue weighted by atomic mass is 32.1. The van der Waals surface area contributed by atoms with Gasteiger partial charge in [-0.05, 0) is 35.6 Å². The minimum atomic E-state index is -0.101. The lowest BCUT2D eigenvalue weighted by molar-refractivity contribution is 0.0688. The average Bonchev–Trinajstić information content (AvgIpc) is 3.16. The van der Waals surface area contributed by atoms with Crippen LogP contribution in [0, 0.1) is 0 Å². The lowest BCUT2D eigenvalue weighted by atomic mass is 10.1. The zero-order valence-corrected chi connectivity index (χ0v) is 14.0. The summed E-state index contributed by atoms with van der Waals surface area (Å²) < 4.78 is 0. The predicted octanol–water partition coefficient (Wildman–Crippen LogP) is 4.56. The second kappa shape index (κ2) is 6.49. The number of hydrogen-bond donors (Lipinski definition) is 1. The van der Waals surface area contributed by atoms with E-state index < -0.39 is 0 Å². The molecule has 0 unspecified atom stereocenters. The van der Waals surface area contributed by atoms with Crippen molar-refractivity contribution < 1.29 is 4.79 Å². The Morgan fingerprint density at radius 2 is 1.75 bits per heavy atom. The van der Waals surface area contributed by atoms with Crippen LogP contribution < -0.4 is 5.32 Å². The summed E-state index contributed by atoms with van der Waals surface area (Å²) in [4.78, 5) is 16.1. The topological polar surface area (TPSA) is 32.3 Å². The molecule has 0 spiro atoms. The number of benzene rings is 2. The highest BCUT2D eigenvalue weighted by molar-refractivity contribution is 7.10. The van der Waals surface area contributed by atoms with Gasteiger partial charge in [-0.3, -0.25) is 4.79 Å². The summed E-state index contributed by atoms with van der Waals surface area (Å²) in [6.45, 7) is 0.687. The summed E-state index contributed by atoms with van der Waals surface area (Å²) in [5.41, 5.74) is 2.91. The van der Waals surface area contributed by atoms with Crippen molar-refractivity contribution in [2.75, 3.05) is 11.9 Å². The third-order valence-electron chi connectivity index (χ3n) is 4.32. The molecule has 1 N–H and O–H groups in total. The van der Waals surface area contributed by atoms with Crippen LogP contribution in [0.3, 0.4) is 0 Å². The van der Waals surface area contributed by atoms with Gasteiger partial charge in [0.15, 0.2) is 0 Å². The molecule has 0 saturated carbocycles. The van der Waals surface area contributed by atoms with Crippen LogP contribution in [0.1, 0.15) is 27.0 Å². The molecule has 0 fully saturated rings. The van der Waals surface area contributed by atoms with Crippen LogP contribution in [0.2, 0.25) is 0 Å². The minimum absolute atomic E-state index is 0.0960. The van der Waals surface area contributed by atoms with Crippen molar-refractivity contribution in [2.45, 2.75) is 12.6 Å². The molecule has 2 heterocycles. The minimum Gasteiger partial charge on any atom is -0.360 e. The van der Waals surface area contributed by atoms with Crippen LogP contribution in [0.15, 0.2) is 72.1 Å². The first-order valence-corrected chi connectivity index (χ1v) is 8.95. The van der Waals surface area contributed by atoms with E-state index in [0.29, 0.717) is 6.54 Å². The maximum Gasteiger partial charge on any atom is 0.257 e. The number of amides is 1. The molecular weight excluding hydrogens is 316 g/mol. The van der Waals surface area contributed by atoms with E-state index in [9.17, 15) is 4.79 Å². The lowest BCUT2D eigenvalue weighted by Gasteiger charge is -2.37. The van der Waals surface area contributed by atoms with Gasteiger partial charge in [0.1, 0.15) is 6.17 Å². The molecule has 1 aliphatic rings. The first-order chi connectivity index (χ1) is 11.8. The maximum atomic E-state index is 13.0. The molecule has 2 aromatic carbocycles. The zero-order valence-electron chi connectivity index (χ0n) is 13.2. The zero-order chi connectivity index (χ0) is 16.4. The summed E-state index contributed by atoms with van der Waals surface area (Å²) in [6.07, 6.45) is 0.745. The SMILES string of the molecule is O=C1c2ccccc2N[C@H](c2cccs2)N1CCc1ccccc1. The van der Waals surface area contributed by atoms with Gasteiger partial charge in [-0.2, -0.15) is 0 Å². The Labute approximate surface area is 145 Å². The Morgan fingerprint density at radius 1 is 0.958 bits per heavy atom. The van der Waals surface area contributed by atoms with Crippen molar-refractivity contribution in [3.63, 3.8) is 0 Å². The summed E-state index contributed by atoms with van der Waals surface area (Å²) >= 11 is 1.68. The molecule has 1 aliphatic heterocycles. The van der Waals surface area contributed by atoms with Crippen molar-refractivity contribution in [3.8, 4) is 0 Å². The van der Waals surface area contributed by atoms with E-state index in [2.05, 4.69) is 28.9 Å². The van der Waals surface area contributed by atoms with Gasteiger partial charge in [0.25, 0.3) is 5.91 Å². The van der Waals surface area contributed by atoms with Gasteiger partial charge >= 0.3 is 0 Å². The third kappa shape index (κ3) is 2.81. The number of carbonyl (C=O) groups excluding carboxylic acids is 1. The van der Waals surface area contributed by atoms with Crippen molar-refractivity contribution >= 4 is 22.9 Å². The molecule has 0 radical (unpaired) electrons. The summed E-state index contributed by atoms with van der Waals surface area (Å²) in [5, 5.41) is 5.58. The molecule has 0 bridgehead atoms. The molecule has 1 atom stereocenters. The maximum absolute atomic E-state index is 13.0. The molecule has 0 aliphatic carbocycles. The number of hydrogen-bond acceptors (Lipinski definition) is 3. The molecule has 24 heavy (non-hydrogen) atoms. The number of para-hydroxylation sites is 1. The third-order valence-corrected chi connectivity index (χ3v) is 5.24. The average molecular weight is 334 g/mol. The smallest absolute Gasteiger partial charge is 0.257 e. The van der Waals surface area contributed by atoms with E-state index in [1.165, 1.54) is 5.56 Å². The fraction of sp³-hybridized carbons (Fsp3) is 0.150. The predicted molar refractivity (Wildman–Crippen MR) is 98.3 cm³/mol. The number of rotatable bonds is 4. The standard InChI is InChI=1S/C20H18N2OS/c23-20-16-9-4-5-10-17(16)21-19(18-11-6-14-24-18)22(20)13-12-15-7-2-1-3-8-15/h1-11,14,19,21H,12-13H2/t19-/m0/s1. The molecule has 3 nitrogen and oxygen atoms in total. The number of anilines is 1. The number of nitrogens with one attached hydrogen (secondary N) is 1. The summed E-state index contributed by atoms with van der Waals surface area (Å²) in [7, 11) is 0. The first-order valence-electron chi connectivity index (χ1n) is 8.07. The van der Waals surface area contributed by atoms with Gasteiger partial charge in [-0.25, -0.2) is 0 Å². The number of thiophene rings is 1. The first kappa shape index (κ1) is 15.0. The molecule has 0 saturated heterocycles. The highest BCUT2D eigenvalue weighted by Gasteiger charge is 2.32. The second-order valence-electron chi connectivity index (χ2n) is 5.84. The Hall–Kier alpha value is -2.59. The van der Waals surface area contributed by atoms with E-state index >= 15 is 0 Å². The van der Waals surface area contributed by atoms with Gasteiger partial charge < -0.3 is 10.2 Å². The molecule has 4 rings (SSSR count). The Morgan fingerprint density at radius 3 is 2.54 bits per heavy atom. The molecule has 4 heteroatoms.